The minimum absolute atomic E-state index is 0.0920. The maximum absolute atomic E-state index is 12.4. The molecule has 3 N–H and O–H groups in total. The summed E-state index contributed by atoms with van der Waals surface area (Å²) >= 11 is 6.16. The number of nitrogens with one attached hydrogen (secondary N) is 2. The number of rotatable bonds is 8. The van der Waals surface area contributed by atoms with Crippen LogP contribution in [0.15, 0.2) is 24.3 Å². The van der Waals surface area contributed by atoms with Crippen molar-refractivity contribution in [1.29, 1.82) is 0 Å². The molecule has 7 heteroatoms. The van der Waals surface area contributed by atoms with E-state index in [-0.39, 0.29) is 19.2 Å². The first kappa shape index (κ1) is 19.3. The predicted molar refractivity (Wildman–Crippen MR) is 98.7 cm³/mol. The van der Waals surface area contributed by atoms with Gasteiger partial charge in [-0.3, -0.25) is 5.10 Å². The lowest BCUT2D eigenvalue weighted by Gasteiger charge is -2.23. The Kier molecular flexibility index (Phi) is 7.28. The Bertz CT molecular complexity index is 683. The SMILES string of the molecule is Cc1n[nH]c(C)c1CCCNC(=O)N(CCO)Cc1ccccc1Cl. The van der Waals surface area contributed by atoms with Gasteiger partial charge in [-0.25, -0.2) is 4.79 Å². The maximum atomic E-state index is 12.4. The van der Waals surface area contributed by atoms with Crippen molar-refractivity contribution in [1.82, 2.24) is 20.4 Å². The summed E-state index contributed by atoms with van der Waals surface area (Å²) in [4.78, 5) is 14.0. The molecule has 0 saturated heterocycles. The number of urea groups is 1. The van der Waals surface area contributed by atoms with Crippen LogP contribution in [0.1, 0.15) is 28.9 Å². The number of aliphatic hydroxyl groups is 1. The number of aromatic nitrogens is 2. The van der Waals surface area contributed by atoms with Crippen LogP contribution < -0.4 is 5.32 Å². The molecule has 0 radical (unpaired) electrons. The Hall–Kier alpha value is -2.05. The molecule has 2 aromatic rings. The van der Waals surface area contributed by atoms with Gasteiger partial charge in [0.2, 0.25) is 0 Å². The fourth-order valence-corrected chi connectivity index (χ4v) is 2.92. The normalized spacial score (nSPS) is 10.7. The Morgan fingerprint density at radius 2 is 2.12 bits per heavy atom. The molecule has 1 heterocycles. The van der Waals surface area contributed by atoms with Gasteiger partial charge in [-0.1, -0.05) is 29.8 Å². The molecule has 1 aromatic carbocycles. The van der Waals surface area contributed by atoms with Crippen molar-refractivity contribution in [3.05, 3.63) is 51.8 Å². The van der Waals surface area contributed by atoms with Gasteiger partial charge in [0.25, 0.3) is 0 Å². The smallest absolute Gasteiger partial charge is 0.317 e. The lowest BCUT2D eigenvalue weighted by Crippen LogP contribution is -2.41. The third kappa shape index (κ3) is 5.47. The van der Waals surface area contributed by atoms with E-state index in [0.717, 1.165) is 29.8 Å². The molecule has 2 rings (SSSR count). The minimum Gasteiger partial charge on any atom is -0.395 e. The van der Waals surface area contributed by atoms with Gasteiger partial charge < -0.3 is 15.3 Å². The summed E-state index contributed by atoms with van der Waals surface area (Å²) in [5, 5.41) is 19.9. The van der Waals surface area contributed by atoms with Crippen molar-refractivity contribution in [3.8, 4) is 0 Å². The second kappa shape index (κ2) is 9.44. The minimum atomic E-state index is -0.199. The van der Waals surface area contributed by atoms with E-state index < -0.39 is 0 Å². The fourth-order valence-electron chi connectivity index (χ4n) is 2.72. The molecule has 25 heavy (non-hydrogen) atoms. The molecule has 0 unspecified atom stereocenters. The predicted octanol–water partition coefficient (Wildman–Crippen LogP) is 2.82. The van der Waals surface area contributed by atoms with E-state index in [9.17, 15) is 9.90 Å². The molecule has 0 bridgehead atoms. The molecule has 0 spiro atoms. The summed E-state index contributed by atoms with van der Waals surface area (Å²) in [5.41, 5.74) is 4.14. The second-order valence-corrected chi connectivity index (χ2v) is 6.39. The van der Waals surface area contributed by atoms with Crippen molar-refractivity contribution in [3.63, 3.8) is 0 Å². The molecule has 0 aliphatic rings. The topological polar surface area (TPSA) is 81.2 Å². The van der Waals surface area contributed by atoms with Crippen molar-refractivity contribution < 1.29 is 9.90 Å². The molecule has 6 nitrogen and oxygen atoms in total. The molecule has 136 valence electrons. The van der Waals surface area contributed by atoms with E-state index in [2.05, 4.69) is 15.5 Å². The van der Waals surface area contributed by atoms with E-state index in [1.165, 1.54) is 5.56 Å². The van der Waals surface area contributed by atoms with Crippen LogP contribution in [0.2, 0.25) is 5.02 Å². The molecular weight excluding hydrogens is 340 g/mol. The lowest BCUT2D eigenvalue weighted by atomic mass is 10.1. The number of carbonyl (C=O) groups excluding carboxylic acids is 1. The number of aromatic amines is 1. The van der Waals surface area contributed by atoms with Crippen LogP contribution in [-0.4, -0.2) is 45.9 Å². The molecule has 0 atom stereocenters. The molecule has 2 amide bonds. The highest BCUT2D eigenvalue weighted by Gasteiger charge is 2.14. The van der Waals surface area contributed by atoms with Gasteiger partial charge >= 0.3 is 6.03 Å². The third-order valence-corrected chi connectivity index (χ3v) is 4.51. The van der Waals surface area contributed by atoms with E-state index in [1.807, 2.05) is 32.0 Å². The van der Waals surface area contributed by atoms with Gasteiger partial charge in [0.1, 0.15) is 0 Å². The first-order chi connectivity index (χ1) is 12.0. The van der Waals surface area contributed by atoms with E-state index in [0.29, 0.717) is 18.1 Å². The number of nitrogens with zero attached hydrogens (tertiary/aromatic N) is 2. The summed E-state index contributed by atoms with van der Waals surface area (Å²) in [6, 6.07) is 7.20. The fraction of sp³-hybridized carbons (Fsp3) is 0.444. The zero-order chi connectivity index (χ0) is 18.2. The number of amides is 2. The Morgan fingerprint density at radius 1 is 1.36 bits per heavy atom. The zero-order valence-corrected chi connectivity index (χ0v) is 15.4. The lowest BCUT2D eigenvalue weighted by molar-refractivity contribution is 0.174. The van der Waals surface area contributed by atoms with Crippen LogP contribution in [-0.2, 0) is 13.0 Å². The Morgan fingerprint density at radius 3 is 2.76 bits per heavy atom. The maximum Gasteiger partial charge on any atom is 0.317 e. The number of aryl methyl sites for hydroxylation is 2. The summed E-state index contributed by atoms with van der Waals surface area (Å²) in [6.45, 7) is 5.08. The Labute approximate surface area is 153 Å². The number of hydrogen-bond acceptors (Lipinski definition) is 3. The number of H-pyrrole nitrogens is 1. The van der Waals surface area contributed by atoms with Crippen molar-refractivity contribution >= 4 is 17.6 Å². The van der Waals surface area contributed by atoms with E-state index >= 15 is 0 Å². The van der Waals surface area contributed by atoms with Crippen molar-refractivity contribution in [2.45, 2.75) is 33.2 Å². The number of carbonyl (C=O) groups is 1. The van der Waals surface area contributed by atoms with Crippen LogP contribution in [0.4, 0.5) is 4.79 Å². The highest BCUT2D eigenvalue weighted by Crippen LogP contribution is 2.17. The van der Waals surface area contributed by atoms with Gasteiger partial charge in [0.05, 0.1) is 12.3 Å². The van der Waals surface area contributed by atoms with Gasteiger partial charge in [-0.05, 0) is 43.9 Å². The van der Waals surface area contributed by atoms with Crippen LogP contribution in [0.25, 0.3) is 0 Å². The molecule has 0 aliphatic carbocycles. The van der Waals surface area contributed by atoms with E-state index in [1.54, 1.807) is 11.0 Å². The van der Waals surface area contributed by atoms with Crippen LogP contribution >= 0.6 is 11.6 Å². The summed E-state index contributed by atoms with van der Waals surface area (Å²) in [7, 11) is 0. The van der Waals surface area contributed by atoms with Crippen LogP contribution in [0.5, 0.6) is 0 Å². The molecular formula is C18H25ClN4O2. The second-order valence-electron chi connectivity index (χ2n) is 5.98. The van der Waals surface area contributed by atoms with Gasteiger partial charge in [-0.15, -0.1) is 0 Å². The highest BCUT2D eigenvalue weighted by atomic mass is 35.5. The highest BCUT2D eigenvalue weighted by molar-refractivity contribution is 6.31. The Balaban J connectivity index is 1.84. The molecule has 0 saturated carbocycles. The largest absolute Gasteiger partial charge is 0.395 e. The molecule has 1 aromatic heterocycles. The summed E-state index contributed by atoms with van der Waals surface area (Å²) in [6.07, 6.45) is 1.69. The van der Waals surface area contributed by atoms with Crippen molar-refractivity contribution in [2.24, 2.45) is 0 Å². The average molecular weight is 365 g/mol. The molecule has 0 aliphatic heterocycles. The number of benzene rings is 1. The summed E-state index contributed by atoms with van der Waals surface area (Å²) in [5.74, 6) is 0. The standard InChI is InChI=1S/C18H25ClN4O2/c1-13-16(14(2)22-21-13)7-5-9-20-18(25)23(10-11-24)12-15-6-3-4-8-17(15)19/h3-4,6,8,24H,5,7,9-12H2,1-2H3,(H,20,25)(H,21,22). The quantitative estimate of drug-likeness (QED) is 0.630. The zero-order valence-electron chi connectivity index (χ0n) is 14.7. The van der Waals surface area contributed by atoms with Crippen LogP contribution in [0.3, 0.4) is 0 Å². The summed E-state index contributed by atoms with van der Waals surface area (Å²) < 4.78 is 0. The van der Waals surface area contributed by atoms with E-state index in [4.69, 9.17) is 11.6 Å². The number of hydrogen-bond donors (Lipinski definition) is 3. The van der Waals surface area contributed by atoms with Gasteiger partial charge in [0, 0.05) is 30.4 Å². The molecule has 0 fully saturated rings. The third-order valence-electron chi connectivity index (χ3n) is 4.14. The monoisotopic (exact) mass is 364 g/mol. The van der Waals surface area contributed by atoms with Gasteiger partial charge in [-0.2, -0.15) is 5.10 Å². The van der Waals surface area contributed by atoms with Crippen molar-refractivity contribution in [2.75, 3.05) is 19.7 Å². The van der Waals surface area contributed by atoms with Crippen LogP contribution in [0, 0.1) is 13.8 Å². The number of aliphatic hydroxyl groups excluding tert-OH is 1. The number of halogens is 1. The first-order valence-electron chi connectivity index (χ1n) is 8.40. The average Bonchev–Trinajstić information content (AvgIpc) is 2.91. The first-order valence-corrected chi connectivity index (χ1v) is 8.78. The van der Waals surface area contributed by atoms with Gasteiger partial charge in [0.15, 0.2) is 0 Å².